The van der Waals surface area contributed by atoms with E-state index in [9.17, 15) is 9.18 Å². The predicted octanol–water partition coefficient (Wildman–Crippen LogP) is 3.83. The molecule has 1 amide bonds. The van der Waals surface area contributed by atoms with Gasteiger partial charge in [-0.15, -0.1) is 0 Å². The summed E-state index contributed by atoms with van der Waals surface area (Å²) in [5, 5.41) is 20.0. The Balaban J connectivity index is 1.74. The SMILES string of the molecule is Cc1ccc2[nH]ncc2c1-c1nc(-c2ccc(F)cc2Nc2ccnc(C#N)c2)nc(C(N)=O)c1N. The Morgan fingerprint density at radius 2 is 2.00 bits per heavy atom. The second-order valence-electron chi connectivity index (χ2n) is 7.97. The highest BCUT2D eigenvalue weighted by atomic mass is 19.1. The van der Waals surface area contributed by atoms with E-state index in [0.29, 0.717) is 28.2 Å². The van der Waals surface area contributed by atoms with E-state index in [-0.39, 0.29) is 22.9 Å². The van der Waals surface area contributed by atoms with Crippen molar-refractivity contribution in [3.63, 3.8) is 0 Å². The number of H-pyrrole nitrogens is 1. The van der Waals surface area contributed by atoms with E-state index < -0.39 is 11.7 Å². The number of nitrogens with two attached hydrogens (primary N) is 2. The largest absolute Gasteiger partial charge is 0.395 e. The van der Waals surface area contributed by atoms with Crippen LogP contribution in [-0.2, 0) is 0 Å². The molecule has 0 fully saturated rings. The Labute approximate surface area is 203 Å². The van der Waals surface area contributed by atoms with Crippen molar-refractivity contribution in [3.05, 3.63) is 77.6 Å². The second kappa shape index (κ2) is 8.77. The molecule has 36 heavy (non-hydrogen) atoms. The highest BCUT2D eigenvalue weighted by molar-refractivity contribution is 6.04. The number of halogens is 1. The summed E-state index contributed by atoms with van der Waals surface area (Å²) in [4.78, 5) is 25.3. The van der Waals surface area contributed by atoms with Crippen LogP contribution in [0.4, 0.5) is 21.5 Å². The molecule has 0 aliphatic rings. The number of hydrogen-bond donors (Lipinski definition) is 4. The number of pyridine rings is 1. The number of aromatic nitrogens is 5. The molecule has 0 saturated heterocycles. The van der Waals surface area contributed by atoms with Crippen molar-refractivity contribution in [2.75, 3.05) is 11.1 Å². The zero-order chi connectivity index (χ0) is 25.4. The maximum Gasteiger partial charge on any atom is 0.269 e. The van der Waals surface area contributed by atoms with Gasteiger partial charge in [-0.2, -0.15) is 10.4 Å². The van der Waals surface area contributed by atoms with Crippen LogP contribution >= 0.6 is 0 Å². The molecule has 3 heterocycles. The summed E-state index contributed by atoms with van der Waals surface area (Å²) >= 11 is 0. The number of hydrogen-bond acceptors (Lipinski definition) is 8. The lowest BCUT2D eigenvalue weighted by Gasteiger charge is -2.16. The number of carbonyl (C=O) groups is 1. The van der Waals surface area contributed by atoms with Gasteiger partial charge >= 0.3 is 0 Å². The number of benzene rings is 2. The van der Waals surface area contributed by atoms with E-state index in [4.69, 9.17) is 21.7 Å². The minimum Gasteiger partial charge on any atom is -0.395 e. The van der Waals surface area contributed by atoms with Crippen LogP contribution in [0.25, 0.3) is 33.5 Å². The molecule has 11 heteroatoms. The van der Waals surface area contributed by atoms with Gasteiger partial charge in [-0.25, -0.2) is 19.3 Å². The number of anilines is 3. The number of amides is 1. The summed E-state index contributed by atoms with van der Waals surface area (Å²) in [6, 6.07) is 12.8. The van der Waals surface area contributed by atoms with Gasteiger partial charge in [-0.3, -0.25) is 9.89 Å². The van der Waals surface area contributed by atoms with Crippen LogP contribution in [0, 0.1) is 24.1 Å². The van der Waals surface area contributed by atoms with Crippen LogP contribution in [0.1, 0.15) is 21.7 Å². The number of nitrogens with zero attached hydrogens (tertiary/aromatic N) is 5. The van der Waals surface area contributed by atoms with Crippen molar-refractivity contribution < 1.29 is 9.18 Å². The van der Waals surface area contributed by atoms with Crippen molar-refractivity contribution in [2.24, 2.45) is 5.73 Å². The minimum atomic E-state index is -0.834. The summed E-state index contributed by atoms with van der Waals surface area (Å²) in [7, 11) is 0. The molecule has 5 rings (SSSR count). The topological polar surface area (TPSA) is 172 Å². The number of nitrogens with one attached hydrogen (secondary N) is 2. The maximum absolute atomic E-state index is 14.3. The van der Waals surface area contributed by atoms with Gasteiger partial charge in [0.25, 0.3) is 5.91 Å². The quantitative estimate of drug-likeness (QED) is 0.294. The standard InChI is InChI=1S/C25H18FN9O/c1-12-2-5-18-17(11-31-35-18)20(12)22-21(28)23(24(29)36)34-25(33-22)16-4-3-13(26)8-19(16)32-14-6-7-30-15(9-14)10-27/h2-9,11H,28H2,1H3,(H2,29,36)(H,30,32)(H,31,35). The smallest absolute Gasteiger partial charge is 0.269 e. The number of nitrogen functional groups attached to an aromatic ring is 1. The van der Waals surface area contributed by atoms with Gasteiger partial charge in [0.1, 0.15) is 17.6 Å². The molecular weight excluding hydrogens is 461 g/mol. The van der Waals surface area contributed by atoms with Gasteiger partial charge in [0, 0.05) is 28.4 Å². The van der Waals surface area contributed by atoms with Crippen LogP contribution in [-0.4, -0.2) is 31.1 Å². The molecule has 0 radical (unpaired) electrons. The number of carbonyl (C=O) groups excluding carboxylic acids is 1. The summed E-state index contributed by atoms with van der Waals surface area (Å²) in [5.74, 6) is -1.25. The molecule has 0 aliphatic heterocycles. The Hall–Kier alpha value is -5.37. The number of fused-ring (bicyclic) bond motifs is 1. The van der Waals surface area contributed by atoms with Crippen molar-refractivity contribution in [1.82, 2.24) is 25.1 Å². The van der Waals surface area contributed by atoms with E-state index in [1.807, 2.05) is 25.1 Å². The van der Waals surface area contributed by atoms with Crippen LogP contribution in [0.5, 0.6) is 0 Å². The number of rotatable bonds is 5. The lowest BCUT2D eigenvalue weighted by Crippen LogP contribution is -2.18. The Morgan fingerprint density at radius 1 is 1.17 bits per heavy atom. The molecule has 3 aromatic heterocycles. The van der Waals surface area contributed by atoms with Gasteiger partial charge in [0.2, 0.25) is 0 Å². The van der Waals surface area contributed by atoms with Crippen LogP contribution in [0.15, 0.2) is 54.9 Å². The third-order valence-electron chi connectivity index (χ3n) is 5.62. The fourth-order valence-corrected chi connectivity index (χ4v) is 3.95. The summed E-state index contributed by atoms with van der Waals surface area (Å²) in [6.07, 6.45) is 3.10. The Bertz CT molecular complexity index is 1700. The number of aromatic amines is 1. The first-order valence-corrected chi connectivity index (χ1v) is 10.7. The molecule has 0 aliphatic carbocycles. The zero-order valence-electron chi connectivity index (χ0n) is 18.9. The summed E-state index contributed by atoms with van der Waals surface area (Å²) in [5.41, 5.74) is 15.7. The van der Waals surface area contributed by atoms with Crippen LogP contribution < -0.4 is 16.8 Å². The van der Waals surface area contributed by atoms with Crippen molar-refractivity contribution in [2.45, 2.75) is 6.92 Å². The van der Waals surface area contributed by atoms with Crippen LogP contribution in [0.2, 0.25) is 0 Å². The van der Waals surface area contributed by atoms with Gasteiger partial charge in [-0.1, -0.05) is 6.07 Å². The molecule has 2 aromatic carbocycles. The highest BCUT2D eigenvalue weighted by Gasteiger charge is 2.22. The third-order valence-corrected chi connectivity index (χ3v) is 5.62. The monoisotopic (exact) mass is 479 g/mol. The molecule has 0 atom stereocenters. The fraction of sp³-hybridized carbons (Fsp3) is 0.0400. The lowest BCUT2D eigenvalue weighted by molar-refractivity contribution is 0.0996. The van der Waals surface area contributed by atoms with E-state index >= 15 is 0 Å². The molecule has 6 N–H and O–H groups in total. The average Bonchev–Trinajstić information content (AvgIpc) is 3.33. The van der Waals surface area contributed by atoms with E-state index in [1.165, 1.54) is 30.5 Å². The minimum absolute atomic E-state index is 0.0208. The highest BCUT2D eigenvalue weighted by Crippen LogP contribution is 2.37. The lowest BCUT2D eigenvalue weighted by atomic mass is 9.99. The maximum atomic E-state index is 14.3. The molecule has 0 bridgehead atoms. The molecular formula is C25H18FN9O. The van der Waals surface area contributed by atoms with Gasteiger partial charge in [0.15, 0.2) is 11.5 Å². The first-order valence-electron chi connectivity index (χ1n) is 10.7. The average molecular weight is 479 g/mol. The second-order valence-corrected chi connectivity index (χ2v) is 7.97. The fourth-order valence-electron chi connectivity index (χ4n) is 3.95. The van der Waals surface area contributed by atoms with Crippen molar-refractivity contribution >= 4 is 33.9 Å². The summed E-state index contributed by atoms with van der Waals surface area (Å²) in [6.45, 7) is 1.88. The molecule has 10 nitrogen and oxygen atoms in total. The number of primary amides is 1. The zero-order valence-corrected chi connectivity index (χ0v) is 18.9. The Morgan fingerprint density at radius 3 is 2.78 bits per heavy atom. The van der Waals surface area contributed by atoms with E-state index in [0.717, 1.165) is 16.5 Å². The molecule has 0 unspecified atom stereocenters. The number of aryl methyl sites for hydroxylation is 1. The van der Waals surface area contributed by atoms with Crippen molar-refractivity contribution in [1.29, 1.82) is 5.26 Å². The van der Waals surface area contributed by atoms with Gasteiger partial charge < -0.3 is 16.8 Å². The first-order chi connectivity index (χ1) is 17.4. The van der Waals surface area contributed by atoms with E-state index in [1.54, 1.807) is 12.3 Å². The molecule has 176 valence electrons. The van der Waals surface area contributed by atoms with E-state index in [2.05, 4.69) is 25.5 Å². The number of nitriles is 1. The molecule has 5 aromatic rings. The Kier molecular flexibility index (Phi) is 5.46. The normalized spacial score (nSPS) is 10.8. The summed E-state index contributed by atoms with van der Waals surface area (Å²) < 4.78 is 14.3. The van der Waals surface area contributed by atoms with Gasteiger partial charge in [0.05, 0.1) is 28.8 Å². The predicted molar refractivity (Wildman–Crippen MR) is 132 cm³/mol. The molecule has 0 spiro atoms. The third kappa shape index (κ3) is 3.92. The van der Waals surface area contributed by atoms with Crippen molar-refractivity contribution in [3.8, 4) is 28.7 Å². The first kappa shape index (κ1) is 22.4. The van der Waals surface area contributed by atoms with Gasteiger partial charge in [-0.05, 0) is 48.9 Å². The molecule has 0 saturated carbocycles. The van der Waals surface area contributed by atoms with Crippen LogP contribution in [0.3, 0.4) is 0 Å².